The van der Waals surface area contributed by atoms with E-state index in [1.807, 2.05) is 58.9 Å². The minimum absolute atomic E-state index is 0. The third-order valence-electron chi connectivity index (χ3n) is 3.68. The van der Waals surface area contributed by atoms with Gasteiger partial charge in [0.05, 0.1) is 10.2 Å². The summed E-state index contributed by atoms with van der Waals surface area (Å²) in [6.45, 7) is 9.95. The molecule has 28 heavy (non-hydrogen) atoms. The van der Waals surface area contributed by atoms with Crippen LogP contribution >= 0.6 is 51.5 Å². The molecule has 1 aromatic rings. The molecule has 1 aromatic carbocycles. The molecule has 0 amide bonds. The first-order valence-corrected chi connectivity index (χ1v) is 9.84. The highest BCUT2D eigenvalue weighted by molar-refractivity contribution is 9.10. The van der Waals surface area contributed by atoms with Crippen LogP contribution in [0.25, 0.3) is 0 Å². The number of alkyl halides is 1. The predicted octanol–water partition coefficient (Wildman–Crippen LogP) is 5.77. The summed E-state index contributed by atoms with van der Waals surface area (Å²) >= 11 is 14.1. The Hall–Kier alpha value is -0.690. The zero-order valence-corrected chi connectivity index (χ0v) is 20.5. The Kier molecular flexibility index (Phi) is 14.2. The standard InChI is InChI=1S/C9H10BrClO.C7H5ClO.C4H12N2.ClH/c1-6-4-3-5-7(8(11)12)9(6,2)10;8-7(9)6-4-2-1-3-5-6;1-4(2,3)6-5;/h3-5,7H,1-2H3;1-5H;6H,5H2,1-3H3;1H. The van der Waals surface area contributed by atoms with E-state index < -0.39 is 5.24 Å². The van der Waals surface area contributed by atoms with E-state index in [9.17, 15) is 9.59 Å². The van der Waals surface area contributed by atoms with Crippen molar-refractivity contribution in [2.75, 3.05) is 0 Å². The van der Waals surface area contributed by atoms with Crippen LogP contribution < -0.4 is 11.3 Å². The maximum absolute atomic E-state index is 11.0. The Morgan fingerprint density at radius 3 is 1.93 bits per heavy atom. The summed E-state index contributed by atoms with van der Waals surface area (Å²) in [6, 6.07) is 8.74. The molecule has 2 rings (SSSR count). The van der Waals surface area contributed by atoms with Crippen molar-refractivity contribution in [2.45, 2.75) is 44.5 Å². The van der Waals surface area contributed by atoms with Crippen LogP contribution in [0, 0.1) is 5.92 Å². The molecule has 0 saturated heterocycles. The lowest BCUT2D eigenvalue weighted by Crippen LogP contribution is -2.41. The second kappa shape index (κ2) is 13.5. The summed E-state index contributed by atoms with van der Waals surface area (Å²) in [4.78, 5) is 21.4. The van der Waals surface area contributed by atoms with Gasteiger partial charge in [0.2, 0.25) is 5.24 Å². The van der Waals surface area contributed by atoms with E-state index in [-0.39, 0.29) is 33.4 Å². The first-order chi connectivity index (χ1) is 12.3. The highest BCUT2D eigenvalue weighted by atomic mass is 79.9. The Bertz CT molecular complexity index is 684. The Labute approximate surface area is 192 Å². The maximum Gasteiger partial charge on any atom is 0.252 e. The van der Waals surface area contributed by atoms with E-state index >= 15 is 0 Å². The minimum atomic E-state index is -0.407. The van der Waals surface area contributed by atoms with E-state index in [4.69, 9.17) is 29.0 Å². The molecular weight excluding hydrogens is 486 g/mol. The first-order valence-electron chi connectivity index (χ1n) is 8.29. The number of carbonyl (C=O) groups excluding carboxylic acids is 2. The number of hydrazine groups is 1. The largest absolute Gasteiger partial charge is 0.281 e. The molecule has 0 aliphatic heterocycles. The Balaban J connectivity index is 0. The van der Waals surface area contributed by atoms with Crippen molar-refractivity contribution in [3.05, 3.63) is 59.7 Å². The number of benzene rings is 1. The molecule has 2 atom stereocenters. The van der Waals surface area contributed by atoms with E-state index in [0.29, 0.717) is 5.56 Å². The monoisotopic (exact) mass is 512 g/mol. The van der Waals surface area contributed by atoms with Crippen molar-refractivity contribution in [3.8, 4) is 0 Å². The van der Waals surface area contributed by atoms with Gasteiger partial charge in [-0.25, -0.2) is 0 Å². The molecule has 0 aromatic heterocycles. The van der Waals surface area contributed by atoms with Crippen molar-refractivity contribution >= 4 is 62.0 Å². The molecule has 0 fully saturated rings. The fraction of sp³-hybridized carbons (Fsp3) is 0.400. The number of halogens is 4. The van der Waals surface area contributed by atoms with Gasteiger partial charge in [0.15, 0.2) is 0 Å². The highest BCUT2D eigenvalue weighted by Gasteiger charge is 2.36. The first kappa shape index (κ1) is 29.5. The third kappa shape index (κ3) is 11.3. The topological polar surface area (TPSA) is 72.2 Å². The summed E-state index contributed by atoms with van der Waals surface area (Å²) in [5, 5.41) is -0.728. The second-order valence-corrected chi connectivity index (χ2v) is 9.49. The fourth-order valence-electron chi connectivity index (χ4n) is 1.76. The van der Waals surface area contributed by atoms with E-state index in [2.05, 4.69) is 21.4 Å². The van der Waals surface area contributed by atoms with Crippen LogP contribution in [0.2, 0.25) is 0 Å². The van der Waals surface area contributed by atoms with Gasteiger partial charge < -0.3 is 0 Å². The molecule has 0 radical (unpaired) electrons. The fourth-order valence-corrected chi connectivity index (χ4v) is 2.80. The molecule has 1 aliphatic carbocycles. The number of nitrogens with one attached hydrogen (secondary N) is 1. The van der Waals surface area contributed by atoms with Gasteiger partial charge >= 0.3 is 0 Å². The predicted molar refractivity (Wildman–Crippen MR) is 126 cm³/mol. The third-order valence-corrected chi connectivity index (χ3v) is 5.26. The number of nitrogens with two attached hydrogens (primary N) is 1. The van der Waals surface area contributed by atoms with Crippen molar-refractivity contribution in [2.24, 2.45) is 11.8 Å². The number of hydrogen-bond acceptors (Lipinski definition) is 4. The van der Waals surface area contributed by atoms with Crippen molar-refractivity contribution in [1.82, 2.24) is 5.43 Å². The van der Waals surface area contributed by atoms with Crippen LogP contribution in [-0.2, 0) is 4.79 Å². The van der Waals surface area contributed by atoms with Crippen molar-refractivity contribution in [3.63, 3.8) is 0 Å². The SMILES string of the molecule is CC(C)(C)NN.CC1=CC=CC(C(=O)Cl)C1(C)Br.Cl.O=C(Cl)c1ccccc1. The Morgan fingerprint density at radius 2 is 1.64 bits per heavy atom. The number of carbonyl (C=O) groups is 2. The van der Waals surface area contributed by atoms with Gasteiger partial charge in [-0.1, -0.05) is 70.1 Å². The molecule has 2 unspecified atom stereocenters. The lowest BCUT2D eigenvalue weighted by atomic mass is 9.85. The average Bonchev–Trinajstić information content (AvgIpc) is 2.58. The summed E-state index contributed by atoms with van der Waals surface area (Å²) in [5.41, 5.74) is 4.33. The van der Waals surface area contributed by atoms with Crippen molar-refractivity contribution < 1.29 is 9.59 Å². The molecule has 3 N–H and O–H groups in total. The van der Waals surface area contributed by atoms with Gasteiger partial charge in [-0.05, 0) is 57.8 Å². The van der Waals surface area contributed by atoms with E-state index in [0.717, 1.165) is 5.57 Å². The molecule has 0 heterocycles. The zero-order chi connectivity index (χ0) is 21.3. The smallest absolute Gasteiger partial charge is 0.252 e. The lowest BCUT2D eigenvalue weighted by molar-refractivity contribution is -0.114. The Morgan fingerprint density at radius 1 is 1.18 bits per heavy atom. The number of allylic oxidation sites excluding steroid dienone is 4. The van der Waals surface area contributed by atoms with Gasteiger partial charge in [-0.2, -0.15) is 0 Å². The maximum atomic E-state index is 11.0. The van der Waals surface area contributed by atoms with Crippen LogP contribution in [0.1, 0.15) is 45.0 Å². The second-order valence-electron chi connectivity index (χ2n) is 7.13. The van der Waals surface area contributed by atoms with Crippen LogP contribution in [-0.4, -0.2) is 20.3 Å². The van der Waals surface area contributed by atoms with Gasteiger partial charge in [-0.3, -0.25) is 20.9 Å². The van der Waals surface area contributed by atoms with E-state index in [1.54, 1.807) is 24.3 Å². The molecule has 158 valence electrons. The number of rotatable bonds is 2. The number of hydrogen-bond donors (Lipinski definition) is 2. The van der Waals surface area contributed by atoms with Crippen LogP contribution in [0.4, 0.5) is 0 Å². The van der Waals surface area contributed by atoms with Gasteiger partial charge in [0.25, 0.3) is 5.24 Å². The normalized spacial score (nSPS) is 20.3. The quantitative estimate of drug-likeness (QED) is 0.227. The van der Waals surface area contributed by atoms with Crippen LogP contribution in [0.5, 0.6) is 0 Å². The summed E-state index contributed by atoms with van der Waals surface area (Å²) in [6.07, 6.45) is 5.66. The van der Waals surface area contributed by atoms with Crippen molar-refractivity contribution in [1.29, 1.82) is 0 Å². The summed E-state index contributed by atoms with van der Waals surface area (Å²) < 4.78 is -0.319. The molecule has 1 aliphatic rings. The average molecular weight is 515 g/mol. The summed E-state index contributed by atoms with van der Waals surface area (Å²) in [7, 11) is 0. The molecule has 8 heteroatoms. The van der Waals surface area contributed by atoms with Crippen LogP contribution in [0.15, 0.2) is 54.1 Å². The molecule has 4 nitrogen and oxygen atoms in total. The lowest BCUT2D eigenvalue weighted by Gasteiger charge is -2.31. The van der Waals surface area contributed by atoms with Gasteiger partial charge in [0, 0.05) is 11.1 Å². The molecular formula is C20H28BrCl3N2O2. The summed E-state index contributed by atoms with van der Waals surface area (Å²) in [5.74, 6) is 4.80. The molecule has 0 saturated carbocycles. The highest BCUT2D eigenvalue weighted by Crippen LogP contribution is 2.39. The van der Waals surface area contributed by atoms with Gasteiger partial charge in [0.1, 0.15) is 0 Å². The van der Waals surface area contributed by atoms with E-state index in [1.165, 1.54) is 0 Å². The molecule has 0 bridgehead atoms. The minimum Gasteiger partial charge on any atom is -0.281 e. The van der Waals surface area contributed by atoms with Gasteiger partial charge in [-0.15, -0.1) is 12.4 Å². The zero-order valence-electron chi connectivity index (χ0n) is 16.6. The van der Waals surface area contributed by atoms with Crippen LogP contribution in [0.3, 0.4) is 0 Å². The molecule has 0 spiro atoms.